The second kappa shape index (κ2) is 9.07. The fourth-order valence-electron chi connectivity index (χ4n) is 4.40. The highest BCUT2D eigenvalue weighted by atomic mass is 16.3. The molecule has 0 aliphatic heterocycles. The molecular weight excluding hydrogens is 244 g/mol. The van der Waals surface area contributed by atoms with Crippen LogP contribution in [0.25, 0.3) is 0 Å². The van der Waals surface area contributed by atoms with Crippen LogP contribution in [-0.2, 0) is 0 Å². The molecule has 0 spiro atoms. The molecule has 1 heteroatoms. The Kier molecular flexibility index (Phi) is 7.41. The topological polar surface area (TPSA) is 20.2 Å². The van der Waals surface area contributed by atoms with E-state index >= 15 is 0 Å². The number of hydrogen-bond donors (Lipinski definition) is 1. The van der Waals surface area contributed by atoms with Crippen molar-refractivity contribution >= 4 is 0 Å². The van der Waals surface area contributed by atoms with Crippen LogP contribution in [0.5, 0.6) is 0 Å². The summed E-state index contributed by atoms with van der Waals surface area (Å²) >= 11 is 0. The number of aliphatic hydroxyl groups excluding tert-OH is 1. The van der Waals surface area contributed by atoms with Crippen LogP contribution in [-0.4, -0.2) is 11.2 Å². The van der Waals surface area contributed by atoms with Gasteiger partial charge >= 0.3 is 0 Å². The van der Waals surface area contributed by atoms with Crippen LogP contribution in [0, 0.1) is 17.8 Å². The molecule has 0 unspecified atom stereocenters. The van der Waals surface area contributed by atoms with Crippen molar-refractivity contribution in [2.75, 3.05) is 0 Å². The van der Waals surface area contributed by atoms with E-state index in [9.17, 15) is 5.11 Å². The molecule has 2 saturated carbocycles. The second-order valence-corrected chi connectivity index (χ2v) is 7.63. The summed E-state index contributed by atoms with van der Waals surface area (Å²) < 4.78 is 0. The SMILES string of the molecule is CCCCC[C@H]1CC[C@H](CCC2CCC(O)CC2)CC1. The van der Waals surface area contributed by atoms with Crippen LogP contribution in [0.15, 0.2) is 0 Å². The fourth-order valence-corrected chi connectivity index (χ4v) is 4.40. The van der Waals surface area contributed by atoms with Crippen molar-refractivity contribution < 1.29 is 5.11 Å². The Labute approximate surface area is 126 Å². The van der Waals surface area contributed by atoms with Crippen LogP contribution in [0.3, 0.4) is 0 Å². The van der Waals surface area contributed by atoms with E-state index in [1.807, 2.05) is 0 Å². The molecular formula is C19H36O. The van der Waals surface area contributed by atoms with E-state index in [1.54, 1.807) is 0 Å². The van der Waals surface area contributed by atoms with Gasteiger partial charge in [-0.2, -0.15) is 0 Å². The third-order valence-electron chi connectivity index (χ3n) is 5.98. The van der Waals surface area contributed by atoms with Crippen LogP contribution in [0.4, 0.5) is 0 Å². The van der Waals surface area contributed by atoms with Gasteiger partial charge in [0, 0.05) is 0 Å². The smallest absolute Gasteiger partial charge is 0.0540 e. The van der Waals surface area contributed by atoms with E-state index in [0.29, 0.717) is 0 Å². The highest BCUT2D eigenvalue weighted by molar-refractivity contribution is 4.76. The molecule has 1 nitrogen and oxygen atoms in total. The van der Waals surface area contributed by atoms with E-state index in [4.69, 9.17) is 0 Å². The lowest BCUT2D eigenvalue weighted by molar-refractivity contribution is 0.103. The summed E-state index contributed by atoms with van der Waals surface area (Å²) in [6.07, 6.45) is 19.4. The zero-order chi connectivity index (χ0) is 14.2. The predicted octanol–water partition coefficient (Wildman–Crippen LogP) is 5.70. The Morgan fingerprint density at radius 2 is 1.10 bits per heavy atom. The number of aliphatic hydroxyl groups is 1. The Bertz CT molecular complexity index is 234. The van der Waals surface area contributed by atoms with Crippen LogP contribution in [0.1, 0.15) is 96.8 Å². The molecule has 2 rings (SSSR count). The van der Waals surface area contributed by atoms with Crippen molar-refractivity contribution in [3.05, 3.63) is 0 Å². The molecule has 1 N–H and O–H groups in total. The summed E-state index contributed by atoms with van der Waals surface area (Å²) in [4.78, 5) is 0. The van der Waals surface area contributed by atoms with E-state index in [-0.39, 0.29) is 6.10 Å². The molecule has 2 aliphatic rings. The van der Waals surface area contributed by atoms with Crippen LogP contribution in [0.2, 0.25) is 0 Å². The van der Waals surface area contributed by atoms with Gasteiger partial charge in [-0.15, -0.1) is 0 Å². The van der Waals surface area contributed by atoms with Gasteiger partial charge < -0.3 is 5.11 Å². The van der Waals surface area contributed by atoms with E-state index in [2.05, 4.69) is 6.92 Å². The summed E-state index contributed by atoms with van der Waals surface area (Å²) in [6, 6.07) is 0. The van der Waals surface area contributed by atoms with Crippen molar-refractivity contribution in [1.29, 1.82) is 0 Å². The van der Waals surface area contributed by atoms with Crippen LogP contribution < -0.4 is 0 Å². The molecule has 2 aliphatic carbocycles. The highest BCUT2D eigenvalue weighted by Crippen LogP contribution is 2.36. The lowest BCUT2D eigenvalue weighted by Crippen LogP contribution is -2.20. The van der Waals surface area contributed by atoms with Crippen molar-refractivity contribution in [3.63, 3.8) is 0 Å². The number of unbranched alkanes of at least 4 members (excludes halogenated alkanes) is 2. The maximum Gasteiger partial charge on any atom is 0.0540 e. The minimum atomic E-state index is 0.0183. The second-order valence-electron chi connectivity index (χ2n) is 7.63. The van der Waals surface area contributed by atoms with Crippen LogP contribution >= 0.6 is 0 Å². The molecule has 0 aromatic rings. The van der Waals surface area contributed by atoms with E-state index < -0.39 is 0 Å². The highest BCUT2D eigenvalue weighted by Gasteiger charge is 2.23. The maximum atomic E-state index is 9.56. The van der Waals surface area contributed by atoms with E-state index in [0.717, 1.165) is 30.6 Å². The van der Waals surface area contributed by atoms with Crippen molar-refractivity contribution in [2.45, 2.75) is 103 Å². The summed E-state index contributed by atoms with van der Waals surface area (Å²) in [6.45, 7) is 2.31. The summed E-state index contributed by atoms with van der Waals surface area (Å²) in [7, 11) is 0. The third-order valence-corrected chi connectivity index (χ3v) is 5.98. The zero-order valence-corrected chi connectivity index (χ0v) is 13.7. The Morgan fingerprint density at radius 1 is 0.650 bits per heavy atom. The Balaban J connectivity index is 1.53. The van der Waals surface area contributed by atoms with Crippen molar-refractivity contribution in [2.24, 2.45) is 17.8 Å². The summed E-state index contributed by atoms with van der Waals surface area (Å²) in [5.41, 5.74) is 0. The fraction of sp³-hybridized carbons (Fsp3) is 1.00. The number of hydrogen-bond acceptors (Lipinski definition) is 1. The predicted molar refractivity (Wildman–Crippen MR) is 86.8 cm³/mol. The van der Waals surface area contributed by atoms with Gasteiger partial charge in [-0.1, -0.05) is 71.1 Å². The average molecular weight is 280 g/mol. The normalized spacial score (nSPS) is 35.1. The molecule has 2 fully saturated rings. The first-order chi connectivity index (χ1) is 9.78. The lowest BCUT2D eigenvalue weighted by atomic mass is 9.76. The standard InChI is InChI=1S/C19H36O/c1-2-3-4-5-16-6-8-17(9-7-16)10-11-18-12-14-19(20)15-13-18/h16-20H,2-15H2,1H3/t16-,17-,18?,19?. The molecule has 0 bridgehead atoms. The first-order valence-corrected chi connectivity index (χ1v) is 9.46. The molecule has 0 radical (unpaired) electrons. The molecule has 118 valence electrons. The van der Waals surface area contributed by atoms with Gasteiger partial charge in [-0.05, 0) is 43.4 Å². The van der Waals surface area contributed by atoms with Crippen molar-refractivity contribution in [1.82, 2.24) is 0 Å². The zero-order valence-electron chi connectivity index (χ0n) is 13.7. The minimum absolute atomic E-state index is 0.0183. The van der Waals surface area contributed by atoms with Gasteiger partial charge in [-0.25, -0.2) is 0 Å². The monoisotopic (exact) mass is 280 g/mol. The molecule has 20 heavy (non-hydrogen) atoms. The maximum absolute atomic E-state index is 9.56. The molecule has 0 aromatic heterocycles. The molecule has 0 amide bonds. The van der Waals surface area contributed by atoms with Crippen molar-refractivity contribution in [3.8, 4) is 0 Å². The number of rotatable bonds is 7. The summed E-state index contributed by atoms with van der Waals surface area (Å²) in [5, 5.41) is 9.56. The first-order valence-electron chi connectivity index (χ1n) is 9.46. The third kappa shape index (κ3) is 5.76. The lowest BCUT2D eigenvalue weighted by Gasteiger charge is -2.31. The molecule has 0 atom stereocenters. The average Bonchev–Trinajstić information content (AvgIpc) is 2.48. The first kappa shape index (κ1) is 16.3. The quantitative estimate of drug-likeness (QED) is 0.593. The van der Waals surface area contributed by atoms with Gasteiger partial charge in [0.05, 0.1) is 6.10 Å². The largest absolute Gasteiger partial charge is 0.393 e. The summed E-state index contributed by atoms with van der Waals surface area (Å²) in [5.74, 6) is 3.02. The van der Waals surface area contributed by atoms with Gasteiger partial charge in [0.2, 0.25) is 0 Å². The van der Waals surface area contributed by atoms with E-state index in [1.165, 1.54) is 77.0 Å². The Hall–Kier alpha value is -0.0400. The molecule has 0 heterocycles. The van der Waals surface area contributed by atoms with Gasteiger partial charge in [0.25, 0.3) is 0 Å². The molecule has 0 saturated heterocycles. The minimum Gasteiger partial charge on any atom is -0.393 e. The van der Waals surface area contributed by atoms with Gasteiger partial charge in [-0.3, -0.25) is 0 Å². The van der Waals surface area contributed by atoms with Gasteiger partial charge in [0.1, 0.15) is 0 Å². The van der Waals surface area contributed by atoms with Gasteiger partial charge in [0.15, 0.2) is 0 Å². The molecule has 0 aromatic carbocycles. The Morgan fingerprint density at radius 3 is 1.60 bits per heavy atom.